The minimum absolute atomic E-state index is 0.0807. The maximum Gasteiger partial charge on any atom is 0.258 e. The standard InChI is InChI=1S/C16H24N4O/c1-11(2)13(17)8-9-20(3)10-15-18-14-7-5-4-6-12(14)16(21)19-15/h4-7,11,13H,8-10,17H2,1-3H3,(H,18,19,21). The van der Waals surface area contributed by atoms with Gasteiger partial charge in [0.25, 0.3) is 5.56 Å². The number of nitrogens with two attached hydrogens (primary N) is 1. The van der Waals surface area contributed by atoms with Crippen LogP contribution < -0.4 is 11.3 Å². The summed E-state index contributed by atoms with van der Waals surface area (Å²) in [6, 6.07) is 7.59. The SMILES string of the molecule is CC(C)C(N)CCN(C)Cc1nc2ccccc2c(=O)[nH]1. The number of H-pyrrole nitrogens is 1. The molecule has 1 heterocycles. The molecule has 3 N–H and O–H groups in total. The first-order valence-electron chi connectivity index (χ1n) is 7.39. The first-order valence-corrected chi connectivity index (χ1v) is 7.39. The lowest BCUT2D eigenvalue weighted by atomic mass is 10.0. The first-order chi connectivity index (χ1) is 9.97. The number of nitrogens with one attached hydrogen (secondary N) is 1. The van der Waals surface area contributed by atoms with Gasteiger partial charge in [0.2, 0.25) is 0 Å². The third-order valence-electron chi connectivity index (χ3n) is 3.78. The Hall–Kier alpha value is -1.72. The molecule has 2 aromatic rings. The fourth-order valence-electron chi connectivity index (χ4n) is 2.25. The van der Waals surface area contributed by atoms with Gasteiger partial charge in [-0.15, -0.1) is 0 Å². The van der Waals surface area contributed by atoms with Gasteiger partial charge in [-0.25, -0.2) is 4.98 Å². The van der Waals surface area contributed by atoms with E-state index < -0.39 is 0 Å². The molecule has 1 aromatic carbocycles. The van der Waals surface area contributed by atoms with Crippen LogP contribution in [0.1, 0.15) is 26.1 Å². The Kier molecular flexibility index (Phi) is 5.09. The minimum Gasteiger partial charge on any atom is -0.327 e. The van der Waals surface area contributed by atoms with Gasteiger partial charge in [-0.05, 0) is 38.1 Å². The number of aromatic amines is 1. The Morgan fingerprint density at radius 3 is 2.76 bits per heavy atom. The molecule has 21 heavy (non-hydrogen) atoms. The smallest absolute Gasteiger partial charge is 0.258 e. The Morgan fingerprint density at radius 2 is 2.05 bits per heavy atom. The average molecular weight is 288 g/mol. The molecule has 1 aromatic heterocycles. The molecule has 0 radical (unpaired) electrons. The van der Waals surface area contributed by atoms with Crippen molar-refractivity contribution in [3.63, 3.8) is 0 Å². The third-order valence-corrected chi connectivity index (χ3v) is 3.78. The zero-order chi connectivity index (χ0) is 15.4. The van der Waals surface area contributed by atoms with Gasteiger partial charge in [-0.3, -0.25) is 9.69 Å². The predicted molar refractivity (Wildman–Crippen MR) is 86.1 cm³/mol. The van der Waals surface area contributed by atoms with Gasteiger partial charge in [-0.2, -0.15) is 0 Å². The van der Waals surface area contributed by atoms with Crippen molar-refractivity contribution in [3.05, 3.63) is 40.4 Å². The van der Waals surface area contributed by atoms with E-state index >= 15 is 0 Å². The normalized spacial score (nSPS) is 13.2. The maximum atomic E-state index is 12.0. The van der Waals surface area contributed by atoms with Crippen LogP contribution in [0.15, 0.2) is 29.1 Å². The lowest BCUT2D eigenvalue weighted by molar-refractivity contribution is 0.290. The van der Waals surface area contributed by atoms with Crippen molar-refractivity contribution in [3.8, 4) is 0 Å². The summed E-state index contributed by atoms with van der Waals surface area (Å²) in [7, 11) is 2.02. The highest BCUT2D eigenvalue weighted by atomic mass is 16.1. The summed E-state index contributed by atoms with van der Waals surface area (Å²) >= 11 is 0. The molecule has 0 aliphatic heterocycles. The van der Waals surface area contributed by atoms with Gasteiger partial charge in [0, 0.05) is 6.04 Å². The molecular formula is C16H24N4O. The number of aromatic nitrogens is 2. The Balaban J connectivity index is 2.04. The lowest BCUT2D eigenvalue weighted by Crippen LogP contribution is -2.32. The minimum atomic E-state index is -0.0807. The Morgan fingerprint density at radius 1 is 1.33 bits per heavy atom. The number of para-hydroxylation sites is 1. The zero-order valence-corrected chi connectivity index (χ0v) is 13.0. The van der Waals surface area contributed by atoms with Gasteiger partial charge >= 0.3 is 0 Å². The van der Waals surface area contributed by atoms with Crippen molar-refractivity contribution < 1.29 is 0 Å². The molecule has 0 bridgehead atoms. The summed E-state index contributed by atoms with van der Waals surface area (Å²) < 4.78 is 0. The van der Waals surface area contributed by atoms with Crippen LogP contribution in [0, 0.1) is 5.92 Å². The topological polar surface area (TPSA) is 75.0 Å². The average Bonchev–Trinajstić information content (AvgIpc) is 2.44. The van der Waals surface area contributed by atoms with Crippen LogP contribution in [0.2, 0.25) is 0 Å². The van der Waals surface area contributed by atoms with Gasteiger partial charge in [0.15, 0.2) is 0 Å². The highest BCUT2D eigenvalue weighted by molar-refractivity contribution is 5.77. The first kappa shape index (κ1) is 15.7. The molecule has 0 amide bonds. The molecule has 0 fully saturated rings. The van der Waals surface area contributed by atoms with Crippen molar-refractivity contribution in [1.82, 2.24) is 14.9 Å². The Labute approximate surface area is 125 Å². The van der Waals surface area contributed by atoms with Gasteiger partial charge in [0.05, 0.1) is 17.4 Å². The van der Waals surface area contributed by atoms with Gasteiger partial charge in [-0.1, -0.05) is 26.0 Å². The van der Waals surface area contributed by atoms with E-state index in [1.807, 2.05) is 25.2 Å². The zero-order valence-electron chi connectivity index (χ0n) is 13.0. The summed E-state index contributed by atoms with van der Waals surface area (Å²) in [6.45, 7) is 5.76. The second kappa shape index (κ2) is 6.83. The number of benzene rings is 1. The quantitative estimate of drug-likeness (QED) is 0.849. The van der Waals surface area contributed by atoms with Crippen molar-refractivity contribution in [2.45, 2.75) is 32.9 Å². The molecule has 0 aliphatic carbocycles. The number of fused-ring (bicyclic) bond motifs is 1. The van der Waals surface area contributed by atoms with E-state index in [-0.39, 0.29) is 11.6 Å². The largest absolute Gasteiger partial charge is 0.327 e. The molecule has 0 saturated carbocycles. The van der Waals surface area contributed by atoms with Crippen LogP contribution in [0.25, 0.3) is 10.9 Å². The monoisotopic (exact) mass is 288 g/mol. The summed E-state index contributed by atoms with van der Waals surface area (Å²) in [5, 5.41) is 0.630. The number of nitrogens with zero attached hydrogens (tertiary/aromatic N) is 2. The predicted octanol–water partition coefficient (Wildman–Crippen LogP) is 1.73. The number of rotatable bonds is 6. The molecule has 114 valence electrons. The molecule has 2 rings (SSSR count). The summed E-state index contributed by atoms with van der Waals surface area (Å²) in [6.07, 6.45) is 0.936. The summed E-state index contributed by atoms with van der Waals surface area (Å²) in [5.74, 6) is 1.18. The van der Waals surface area contributed by atoms with Crippen molar-refractivity contribution in [2.75, 3.05) is 13.6 Å². The van der Waals surface area contributed by atoms with Crippen LogP contribution in [-0.2, 0) is 6.54 Å². The van der Waals surface area contributed by atoms with Crippen LogP contribution in [0.3, 0.4) is 0 Å². The molecule has 1 atom stereocenters. The van der Waals surface area contributed by atoms with E-state index in [0.717, 1.165) is 18.5 Å². The fraction of sp³-hybridized carbons (Fsp3) is 0.500. The van der Waals surface area contributed by atoms with Crippen molar-refractivity contribution in [1.29, 1.82) is 0 Å². The second-order valence-electron chi connectivity index (χ2n) is 5.96. The van der Waals surface area contributed by atoms with Crippen LogP contribution in [0.4, 0.5) is 0 Å². The van der Waals surface area contributed by atoms with Crippen LogP contribution in [0.5, 0.6) is 0 Å². The second-order valence-corrected chi connectivity index (χ2v) is 5.96. The highest BCUT2D eigenvalue weighted by Gasteiger charge is 2.10. The molecular weight excluding hydrogens is 264 g/mol. The van der Waals surface area contributed by atoms with Crippen molar-refractivity contribution >= 4 is 10.9 Å². The Bertz CT molecular complexity index is 650. The van der Waals surface area contributed by atoms with Gasteiger partial charge in [0.1, 0.15) is 5.82 Å². The molecule has 0 aliphatic rings. The number of hydrogen-bond donors (Lipinski definition) is 2. The molecule has 0 saturated heterocycles. The van der Waals surface area contributed by atoms with E-state index in [0.29, 0.717) is 23.7 Å². The van der Waals surface area contributed by atoms with E-state index in [1.165, 1.54) is 0 Å². The fourth-order valence-corrected chi connectivity index (χ4v) is 2.25. The lowest BCUT2D eigenvalue weighted by Gasteiger charge is -2.20. The van der Waals surface area contributed by atoms with E-state index in [9.17, 15) is 4.79 Å². The third kappa shape index (κ3) is 4.12. The summed E-state index contributed by atoms with van der Waals surface area (Å²) in [5.41, 5.74) is 6.72. The van der Waals surface area contributed by atoms with Crippen molar-refractivity contribution in [2.24, 2.45) is 11.7 Å². The van der Waals surface area contributed by atoms with Crippen LogP contribution in [-0.4, -0.2) is 34.5 Å². The molecule has 1 unspecified atom stereocenters. The van der Waals surface area contributed by atoms with E-state index in [2.05, 4.69) is 28.7 Å². The molecule has 5 heteroatoms. The van der Waals surface area contributed by atoms with Gasteiger partial charge < -0.3 is 10.7 Å². The molecule has 0 spiro atoms. The highest BCUT2D eigenvalue weighted by Crippen LogP contribution is 2.08. The van der Waals surface area contributed by atoms with E-state index in [4.69, 9.17) is 5.73 Å². The van der Waals surface area contributed by atoms with Crippen LogP contribution >= 0.6 is 0 Å². The molecule has 5 nitrogen and oxygen atoms in total. The van der Waals surface area contributed by atoms with E-state index in [1.54, 1.807) is 6.07 Å². The summed E-state index contributed by atoms with van der Waals surface area (Å²) in [4.78, 5) is 21.5. The number of hydrogen-bond acceptors (Lipinski definition) is 4. The maximum absolute atomic E-state index is 12.0.